The lowest BCUT2D eigenvalue weighted by Gasteiger charge is -2.11. The number of methoxy groups -OCH3 is 1. The summed E-state index contributed by atoms with van der Waals surface area (Å²) in [5.74, 6) is 0.127. The molecule has 0 unspecified atom stereocenters. The molecule has 0 saturated carbocycles. The molecule has 1 aliphatic heterocycles. The van der Waals surface area contributed by atoms with Crippen LogP contribution in [0.15, 0.2) is 30.3 Å². The Morgan fingerprint density at radius 3 is 2.88 bits per heavy atom. The average Bonchev–Trinajstić information content (AvgIpc) is 3.26. The van der Waals surface area contributed by atoms with Crippen LogP contribution >= 0.6 is 11.3 Å². The predicted molar refractivity (Wildman–Crippen MR) is 94.3 cm³/mol. The van der Waals surface area contributed by atoms with Crippen molar-refractivity contribution in [2.75, 3.05) is 19.0 Å². The normalized spacial score (nSPS) is 21.6. The lowest BCUT2D eigenvalue weighted by atomic mass is 9.97. The van der Waals surface area contributed by atoms with Gasteiger partial charge in [-0.1, -0.05) is 48.6 Å². The zero-order chi connectivity index (χ0) is 16.9. The van der Waals surface area contributed by atoms with E-state index in [1.807, 2.05) is 18.2 Å². The minimum absolute atomic E-state index is 0.0787. The van der Waals surface area contributed by atoms with Crippen molar-refractivity contribution >= 4 is 22.4 Å². The summed E-state index contributed by atoms with van der Waals surface area (Å²) in [6, 6.07) is 10.0. The SMILES string of the molecule is CC[C@H](c1ccccc1)c1nnc(NC(=O)[C@H]2C[C@H](OC)CN2)s1. The molecule has 3 rings (SSSR count). The van der Waals surface area contributed by atoms with E-state index in [1.54, 1.807) is 7.11 Å². The molecule has 0 aliphatic carbocycles. The van der Waals surface area contributed by atoms with Gasteiger partial charge in [-0.2, -0.15) is 0 Å². The van der Waals surface area contributed by atoms with Gasteiger partial charge in [0.15, 0.2) is 0 Å². The molecule has 1 aliphatic rings. The molecule has 1 amide bonds. The largest absolute Gasteiger partial charge is 0.380 e. The molecule has 1 saturated heterocycles. The lowest BCUT2D eigenvalue weighted by molar-refractivity contribution is -0.118. The first-order valence-corrected chi connectivity index (χ1v) is 8.98. The van der Waals surface area contributed by atoms with E-state index in [2.05, 4.69) is 39.9 Å². The monoisotopic (exact) mass is 346 g/mol. The third kappa shape index (κ3) is 3.80. The van der Waals surface area contributed by atoms with Crippen LogP contribution in [0.5, 0.6) is 0 Å². The number of carbonyl (C=O) groups excluding carboxylic acids is 1. The molecule has 1 aromatic carbocycles. The number of hydrogen-bond acceptors (Lipinski definition) is 6. The number of amides is 1. The van der Waals surface area contributed by atoms with Crippen LogP contribution in [-0.2, 0) is 9.53 Å². The van der Waals surface area contributed by atoms with E-state index in [0.717, 1.165) is 11.4 Å². The molecular formula is C17H22N4O2S. The number of nitrogens with one attached hydrogen (secondary N) is 2. The second kappa shape index (κ2) is 7.83. The molecule has 7 heteroatoms. The van der Waals surface area contributed by atoms with E-state index in [1.165, 1.54) is 16.9 Å². The minimum Gasteiger partial charge on any atom is -0.380 e. The number of anilines is 1. The standard InChI is InChI=1S/C17H22N4O2S/c1-3-13(11-7-5-4-6-8-11)16-20-21-17(24-16)19-15(22)14-9-12(23-2)10-18-14/h4-8,12-14,18H,3,9-10H2,1-2H3,(H,19,21,22)/t12-,13+,14+/m0/s1. The highest BCUT2D eigenvalue weighted by atomic mass is 32.1. The van der Waals surface area contributed by atoms with Gasteiger partial charge < -0.3 is 10.1 Å². The van der Waals surface area contributed by atoms with Crippen molar-refractivity contribution in [2.45, 2.75) is 37.8 Å². The zero-order valence-electron chi connectivity index (χ0n) is 13.9. The van der Waals surface area contributed by atoms with Crippen LogP contribution in [0.25, 0.3) is 0 Å². The van der Waals surface area contributed by atoms with Gasteiger partial charge in [0, 0.05) is 19.6 Å². The Morgan fingerprint density at radius 1 is 1.42 bits per heavy atom. The van der Waals surface area contributed by atoms with E-state index in [9.17, 15) is 4.79 Å². The number of hydrogen-bond donors (Lipinski definition) is 2. The van der Waals surface area contributed by atoms with E-state index >= 15 is 0 Å². The molecule has 2 heterocycles. The Morgan fingerprint density at radius 2 is 2.21 bits per heavy atom. The lowest BCUT2D eigenvalue weighted by Crippen LogP contribution is -2.35. The molecule has 24 heavy (non-hydrogen) atoms. The molecule has 0 radical (unpaired) electrons. The van der Waals surface area contributed by atoms with Crippen molar-refractivity contribution in [3.8, 4) is 0 Å². The molecule has 0 spiro atoms. The third-order valence-electron chi connectivity index (χ3n) is 4.32. The first kappa shape index (κ1) is 17.0. The van der Waals surface area contributed by atoms with E-state index in [-0.39, 0.29) is 24.0 Å². The molecule has 2 aromatic rings. The predicted octanol–water partition coefficient (Wildman–Crippen LogP) is 2.40. The van der Waals surface area contributed by atoms with Gasteiger partial charge in [-0.05, 0) is 18.4 Å². The van der Waals surface area contributed by atoms with E-state index < -0.39 is 0 Å². The highest BCUT2D eigenvalue weighted by molar-refractivity contribution is 7.15. The number of rotatable bonds is 6. The van der Waals surface area contributed by atoms with E-state index in [4.69, 9.17) is 4.74 Å². The van der Waals surface area contributed by atoms with Crippen LogP contribution in [0, 0.1) is 0 Å². The van der Waals surface area contributed by atoms with Gasteiger partial charge in [-0.25, -0.2) is 0 Å². The van der Waals surface area contributed by atoms with Crippen molar-refractivity contribution in [1.82, 2.24) is 15.5 Å². The maximum atomic E-state index is 12.3. The van der Waals surface area contributed by atoms with Crippen LogP contribution in [0.2, 0.25) is 0 Å². The minimum atomic E-state index is -0.238. The molecule has 128 valence electrons. The Kier molecular flexibility index (Phi) is 5.55. The number of aromatic nitrogens is 2. The quantitative estimate of drug-likeness (QED) is 0.840. The maximum Gasteiger partial charge on any atom is 0.243 e. The number of ether oxygens (including phenoxy) is 1. The average molecular weight is 346 g/mol. The van der Waals surface area contributed by atoms with Gasteiger partial charge in [0.05, 0.1) is 12.1 Å². The van der Waals surface area contributed by atoms with Crippen LogP contribution in [0.3, 0.4) is 0 Å². The van der Waals surface area contributed by atoms with E-state index in [0.29, 0.717) is 18.1 Å². The highest BCUT2D eigenvalue weighted by Gasteiger charge is 2.30. The van der Waals surface area contributed by atoms with Crippen molar-refractivity contribution in [3.05, 3.63) is 40.9 Å². The van der Waals surface area contributed by atoms with Crippen molar-refractivity contribution < 1.29 is 9.53 Å². The number of benzene rings is 1. The summed E-state index contributed by atoms with van der Waals surface area (Å²) in [5.41, 5.74) is 1.22. The first-order valence-electron chi connectivity index (χ1n) is 8.16. The summed E-state index contributed by atoms with van der Waals surface area (Å²) in [6.45, 7) is 2.83. The van der Waals surface area contributed by atoms with Crippen LogP contribution in [0.1, 0.15) is 36.3 Å². The summed E-state index contributed by atoms with van der Waals surface area (Å²) >= 11 is 1.44. The summed E-state index contributed by atoms with van der Waals surface area (Å²) in [7, 11) is 1.66. The Bertz CT molecular complexity index is 676. The van der Waals surface area contributed by atoms with Gasteiger partial charge in [0.25, 0.3) is 0 Å². The highest BCUT2D eigenvalue weighted by Crippen LogP contribution is 2.31. The third-order valence-corrected chi connectivity index (χ3v) is 5.27. The zero-order valence-corrected chi connectivity index (χ0v) is 14.7. The summed E-state index contributed by atoms with van der Waals surface area (Å²) in [5, 5.41) is 15.9. The van der Waals surface area contributed by atoms with Gasteiger partial charge >= 0.3 is 0 Å². The number of nitrogens with zero attached hydrogens (tertiary/aromatic N) is 2. The van der Waals surface area contributed by atoms with Crippen LogP contribution < -0.4 is 10.6 Å². The Hall–Kier alpha value is -1.83. The number of carbonyl (C=O) groups is 1. The van der Waals surface area contributed by atoms with Crippen molar-refractivity contribution in [2.24, 2.45) is 0 Å². The van der Waals surface area contributed by atoms with Crippen LogP contribution in [0.4, 0.5) is 5.13 Å². The van der Waals surface area contributed by atoms with Gasteiger partial charge in [-0.3, -0.25) is 10.1 Å². The molecule has 1 fully saturated rings. The van der Waals surface area contributed by atoms with Gasteiger partial charge in [0.2, 0.25) is 11.0 Å². The molecule has 2 N–H and O–H groups in total. The van der Waals surface area contributed by atoms with Gasteiger partial charge in [-0.15, -0.1) is 10.2 Å². The summed E-state index contributed by atoms with van der Waals surface area (Å²) in [4.78, 5) is 12.3. The summed E-state index contributed by atoms with van der Waals surface area (Å²) < 4.78 is 5.27. The molecule has 3 atom stereocenters. The molecule has 0 bridgehead atoms. The fourth-order valence-corrected chi connectivity index (χ4v) is 3.90. The molecule has 6 nitrogen and oxygen atoms in total. The second-order valence-electron chi connectivity index (χ2n) is 5.86. The van der Waals surface area contributed by atoms with Crippen molar-refractivity contribution in [3.63, 3.8) is 0 Å². The first-order chi connectivity index (χ1) is 11.7. The van der Waals surface area contributed by atoms with Crippen molar-refractivity contribution in [1.29, 1.82) is 0 Å². The Balaban J connectivity index is 1.66. The smallest absolute Gasteiger partial charge is 0.243 e. The maximum absolute atomic E-state index is 12.3. The Labute approximate surface area is 145 Å². The summed E-state index contributed by atoms with van der Waals surface area (Å²) in [6.07, 6.45) is 1.70. The molecular weight excluding hydrogens is 324 g/mol. The molecule has 1 aromatic heterocycles. The second-order valence-corrected chi connectivity index (χ2v) is 6.87. The van der Waals surface area contributed by atoms with Crippen LogP contribution in [-0.4, -0.2) is 41.9 Å². The topological polar surface area (TPSA) is 76.1 Å². The van der Waals surface area contributed by atoms with Gasteiger partial charge in [0.1, 0.15) is 5.01 Å². The fraction of sp³-hybridized carbons (Fsp3) is 0.471. The fourth-order valence-electron chi connectivity index (χ4n) is 2.94.